The van der Waals surface area contributed by atoms with Crippen molar-refractivity contribution in [3.63, 3.8) is 0 Å². The maximum atomic E-state index is 14.3. The Labute approximate surface area is 289 Å². The molecule has 0 saturated carbocycles. The average Bonchev–Trinajstić information content (AvgIpc) is 3.38. The number of rotatable bonds is 14. The first-order chi connectivity index (χ1) is 23.3. The molecule has 0 radical (unpaired) electrons. The fourth-order valence-electron chi connectivity index (χ4n) is 5.67. The first-order valence-corrected chi connectivity index (χ1v) is 17.1. The van der Waals surface area contributed by atoms with E-state index in [1.165, 1.54) is 11.3 Å². The first-order valence-electron chi connectivity index (χ1n) is 16.0. The summed E-state index contributed by atoms with van der Waals surface area (Å²) in [6, 6.07) is 18.0. The van der Waals surface area contributed by atoms with E-state index in [1.54, 1.807) is 24.7 Å². The van der Waals surface area contributed by atoms with E-state index in [9.17, 15) is 9.59 Å². The van der Waals surface area contributed by atoms with Crippen LogP contribution in [0.5, 0.6) is 17.2 Å². The Hall–Kier alpha value is -4.60. The van der Waals surface area contributed by atoms with Gasteiger partial charge in [0.25, 0.3) is 5.56 Å². The van der Waals surface area contributed by atoms with Gasteiger partial charge in [-0.2, -0.15) is 0 Å². The molecule has 8 nitrogen and oxygen atoms in total. The monoisotopic (exact) mass is 686 g/mol. The molecule has 3 aromatic carbocycles. The summed E-state index contributed by atoms with van der Waals surface area (Å²) in [5.41, 5.74) is 3.88. The summed E-state index contributed by atoms with van der Waals surface area (Å²) in [7, 11) is 1.58. The van der Waals surface area contributed by atoms with Gasteiger partial charge in [0.05, 0.1) is 42.2 Å². The fraction of sp³-hybridized carbons (Fsp3) is 0.289. The Morgan fingerprint density at radius 3 is 2.56 bits per heavy atom. The number of thiazole rings is 1. The summed E-state index contributed by atoms with van der Waals surface area (Å²) in [6.07, 6.45) is 5.45. The van der Waals surface area contributed by atoms with Gasteiger partial charge in [-0.25, -0.2) is 9.79 Å². The lowest BCUT2D eigenvalue weighted by Crippen LogP contribution is -2.40. The highest BCUT2D eigenvalue weighted by Crippen LogP contribution is 2.36. The van der Waals surface area contributed by atoms with Gasteiger partial charge in [-0.05, 0) is 74.2 Å². The van der Waals surface area contributed by atoms with E-state index in [4.69, 9.17) is 35.5 Å². The van der Waals surface area contributed by atoms with Crippen molar-refractivity contribution in [3.05, 3.63) is 132 Å². The normalized spacial score (nSPS) is 14.3. The molecule has 1 aliphatic rings. The number of benzene rings is 3. The van der Waals surface area contributed by atoms with Gasteiger partial charge in [-0.1, -0.05) is 72.7 Å². The zero-order chi connectivity index (χ0) is 34.2. The van der Waals surface area contributed by atoms with Gasteiger partial charge in [-0.15, -0.1) is 6.58 Å². The Kier molecular flexibility index (Phi) is 11.6. The molecule has 10 heteroatoms. The van der Waals surface area contributed by atoms with Crippen molar-refractivity contribution in [2.75, 3.05) is 20.3 Å². The number of nitrogens with zero attached hydrogens (tertiary/aromatic N) is 2. The predicted molar refractivity (Wildman–Crippen MR) is 190 cm³/mol. The van der Waals surface area contributed by atoms with Gasteiger partial charge in [0.15, 0.2) is 16.3 Å². The molecule has 0 saturated heterocycles. The molecule has 0 unspecified atom stereocenters. The number of hydrogen-bond donors (Lipinski definition) is 0. The molecular formula is C38H39ClN2O6S. The SMILES string of the molecule is C=CCc1cc(/C=c2/sc3n(c2=O)[C@H](c2cccc(OC)c2)C(C(=O)OCC)=C(CCC)N=3)cc(OCC)c1OCc1ccccc1Cl. The minimum Gasteiger partial charge on any atom is -0.497 e. The predicted octanol–water partition coefficient (Wildman–Crippen LogP) is 6.95. The van der Waals surface area contributed by atoms with Gasteiger partial charge in [0.1, 0.15) is 12.4 Å². The summed E-state index contributed by atoms with van der Waals surface area (Å²) in [6.45, 7) is 10.5. The van der Waals surface area contributed by atoms with Crippen LogP contribution in [0.3, 0.4) is 0 Å². The molecule has 0 spiro atoms. The van der Waals surface area contributed by atoms with E-state index < -0.39 is 12.0 Å². The van der Waals surface area contributed by atoms with E-state index >= 15 is 0 Å². The number of ether oxygens (including phenoxy) is 4. The zero-order valence-corrected chi connectivity index (χ0v) is 29.2. The smallest absolute Gasteiger partial charge is 0.338 e. The molecule has 0 amide bonds. The van der Waals surface area contributed by atoms with Gasteiger partial charge in [-0.3, -0.25) is 9.36 Å². The maximum Gasteiger partial charge on any atom is 0.338 e. The van der Waals surface area contributed by atoms with Crippen LogP contribution in [0.4, 0.5) is 0 Å². The summed E-state index contributed by atoms with van der Waals surface area (Å²) < 4.78 is 25.4. The molecule has 0 aliphatic carbocycles. The molecule has 48 heavy (non-hydrogen) atoms. The third-order valence-corrected chi connectivity index (χ3v) is 9.10. The number of hydrogen-bond acceptors (Lipinski definition) is 8. The average molecular weight is 687 g/mol. The molecule has 4 aromatic rings. The number of esters is 1. The highest BCUT2D eigenvalue weighted by atomic mass is 35.5. The number of aromatic nitrogens is 1. The van der Waals surface area contributed by atoms with Crippen molar-refractivity contribution in [2.24, 2.45) is 4.99 Å². The van der Waals surface area contributed by atoms with E-state index in [0.717, 1.165) is 28.7 Å². The molecule has 1 aliphatic heterocycles. The van der Waals surface area contributed by atoms with Gasteiger partial charge in [0, 0.05) is 16.1 Å². The van der Waals surface area contributed by atoms with E-state index in [-0.39, 0.29) is 18.8 Å². The molecule has 0 fully saturated rings. The van der Waals surface area contributed by atoms with Crippen LogP contribution in [-0.2, 0) is 22.6 Å². The minimum atomic E-state index is -0.741. The van der Waals surface area contributed by atoms with Crippen molar-refractivity contribution in [3.8, 4) is 17.2 Å². The first kappa shape index (κ1) is 34.7. The molecule has 0 N–H and O–H groups in total. The number of halogens is 1. The number of methoxy groups -OCH3 is 1. The number of allylic oxidation sites excluding steroid dienone is 2. The van der Waals surface area contributed by atoms with E-state index in [1.807, 2.05) is 80.6 Å². The second-order valence-electron chi connectivity index (χ2n) is 11.0. The summed E-state index contributed by atoms with van der Waals surface area (Å²) in [5.74, 6) is 1.26. The third-order valence-electron chi connectivity index (χ3n) is 7.75. The van der Waals surface area contributed by atoms with Crippen LogP contribution in [0.25, 0.3) is 6.08 Å². The van der Waals surface area contributed by atoms with Crippen LogP contribution in [-0.4, -0.2) is 30.9 Å². The zero-order valence-electron chi connectivity index (χ0n) is 27.6. The lowest BCUT2D eigenvalue weighted by molar-refractivity contribution is -0.139. The van der Waals surface area contributed by atoms with Crippen LogP contribution in [0, 0.1) is 0 Å². The van der Waals surface area contributed by atoms with Crippen LogP contribution in [0.15, 0.2) is 94.4 Å². The largest absolute Gasteiger partial charge is 0.497 e. The Balaban J connectivity index is 1.67. The van der Waals surface area contributed by atoms with Crippen molar-refractivity contribution >= 4 is 35.0 Å². The molecule has 5 rings (SSSR count). The third kappa shape index (κ3) is 7.42. The number of carbonyl (C=O) groups excluding carboxylic acids is 1. The molecule has 0 bridgehead atoms. The van der Waals surface area contributed by atoms with Crippen LogP contribution in [0.2, 0.25) is 5.02 Å². The van der Waals surface area contributed by atoms with Crippen molar-refractivity contribution in [1.29, 1.82) is 0 Å². The fourth-order valence-corrected chi connectivity index (χ4v) is 6.88. The van der Waals surface area contributed by atoms with Crippen molar-refractivity contribution in [2.45, 2.75) is 52.7 Å². The highest BCUT2D eigenvalue weighted by molar-refractivity contribution is 7.07. The molecule has 1 aromatic heterocycles. The Morgan fingerprint density at radius 1 is 1.04 bits per heavy atom. The molecule has 250 valence electrons. The standard InChI is InChI=1S/C38H39ClN2O6S/c1-6-13-26-19-24(20-31(45-8-3)35(26)47-23-27-15-10-11-18-29(27)39)21-32-36(42)41-34(25-16-12-17-28(22-25)44-5)33(37(43)46-9-4)30(14-7-2)40-38(41)48-32/h6,10-12,15-22,34H,1,7-9,13-14,23H2,2-5H3/b32-21+/t34-/m1/s1. The maximum absolute atomic E-state index is 14.3. The van der Waals surface area contributed by atoms with Gasteiger partial charge in [0.2, 0.25) is 0 Å². The topological polar surface area (TPSA) is 88.4 Å². The molecular weight excluding hydrogens is 648 g/mol. The van der Waals surface area contributed by atoms with Gasteiger partial charge < -0.3 is 18.9 Å². The quantitative estimate of drug-likeness (QED) is 0.105. The van der Waals surface area contributed by atoms with Crippen molar-refractivity contribution < 1.29 is 23.7 Å². The number of carbonyl (C=O) groups is 1. The van der Waals surface area contributed by atoms with Crippen molar-refractivity contribution in [1.82, 2.24) is 4.57 Å². The highest BCUT2D eigenvalue weighted by Gasteiger charge is 2.34. The number of fused-ring (bicyclic) bond motifs is 1. The van der Waals surface area contributed by atoms with Crippen LogP contribution >= 0.6 is 22.9 Å². The second kappa shape index (κ2) is 16.0. The summed E-state index contributed by atoms with van der Waals surface area (Å²) in [4.78, 5) is 33.2. The summed E-state index contributed by atoms with van der Waals surface area (Å²) in [5, 5.41) is 0.619. The molecule has 1 atom stereocenters. The van der Waals surface area contributed by atoms with E-state index in [2.05, 4.69) is 6.58 Å². The minimum absolute atomic E-state index is 0.199. The summed E-state index contributed by atoms with van der Waals surface area (Å²) >= 11 is 7.67. The second-order valence-corrected chi connectivity index (χ2v) is 12.4. The van der Waals surface area contributed by atoms with Crippen LogP contribution in [0.1, 0.15) is 61.9 Å². The van der Waals surface area contributed by atoms with Crippen LogP contribution < -0.4 is 29.1 Å². The Morgan fingerprint density at radius 2 is 1.85 bits per heavy atom. The van der Waals surface area contributed by atoms with E-state index in [0.29, 0.717) is 62.3 Å². The molecule has 2 heterocycles. The lowest BCUT2D eigenvalue weighted by atomic mass is 9.94. The van der Waals surface area contributed by atoms with Gasteiger partial charge >= 0.3 is 5.97 Å². The lowest BCUT2D eigenvalue weighted by Gasteiger charge is -2.26. The Bertz CT molecular complexity index is 2030.